The van der Waals surface area contributed by atoms with Crippen LogP contribution in [0.25, 0.3) is 22.2 Å². The molecule has 0 amide bonds. The van der Waals surface area contributed by atoms with E-state index in [4.69, 9.17) is 20.8 Å². The number of aldehydes is 1. The number of carbonyl (C=O) groups is 1. The number of halogens is 1. The summed E-state index contributed by atoms with van der Waals surface area (Å²) >= 11 is 6.43. The molecule has 0 spiro atoms. The molecule has 1 N–H and O–H groups in total. The molecule has 0 aliphatic carbocycles. The lowest BCUT2D eigenvalue weighted by Crippen LogP contribution is -2.00. The molecule has 2 aromatic carbocycles. The Bertz CT molecular complexity index is 1440. The predicted octanol–water partition coefficient (Wildman–Crippen LogP) is 5.47. The second-order valence-corrected chi connectivity index (χ2v) is 7.44. The number of hydrogen-bond donors (Lipinski definition) is 1. The molecule has 0 aliphatic heterocycles. The molecule has 0 saturated heterocycles. The van der Waals surface area contributed by atoms with Crippen LogP contribution in [0.5, 0.6) is 5.75 Å². The van der Waals surface area contributed by atoms with E-state index in [0.29, 0.717) is 34.3 Å². The predicted molar refractivity (Wildman–Crippen MR) is 124 cm³/mol. The first-order chi connectivity index (χ1) is 16.2. The number of carbonyl (C=O) groups excluding carboxylic acids is 1. The fraction of sp³-hybridized carbons (Fsp3) is 0.0417. The average Bonchev–Trinajstić information content (AvgIpc) is 3.34. The smallest absolute Gasteiger partial charge is 0.185 e. The molecule has 162 valence electrons. The fourth-order valence-corrected chi connectivity index (χ4v) is 3.50. The Hall–Kier alpha value is -4.30. The molecule has 3 heterocycles. The molecule has 0 unspecified atom stereocenters. The van der Waals surface area contributed by atoms with Gasteiger partial charge in [0, 0.05) is 29.0 Å². The van der Waals surface area contributed by atoms with Gasteiger partial charge in [-0.3, -0.25) is 14.8 Å². The summed E-state index contributed by atoms with van der Waals surface area (Å²) in [5.41, 5.74) is 3.00. The molecule has 0 bridgehead atoms. The van der Waals surface area contributed by atoms with Gasteiger partial charge < -0.3 is 14.5 Å². The Morgan fingerprint density at radius 3 is 2.76 bits per heavy atom. The Morgan fingerprint density at radius 1 is 1.03 bits per heavy atom. The fourth-order valence-electron chi connectivity index (χ4n) is 3.27. The van der Waals surface area contributed by atoms with E-state index in [1.807, 2.05) is 24.3 Å². The maximum atomic E-state index is 10.9. The van der Waals surface area contributed by atoms with Crippen LogP contribution < -0.4 is 10.1 Å². The van der Waals surface area contributed by atoms with E-state index in [-0.39, 0.29) is 12.4 Å². The van der Waals surface area contributed by atoms with Crippen molar-refractivity contribution in [3.63, 3.8) is 0 Å². The van der Waals surface area contributed by atoms with Crippen molar-refractivity contribution in [3.8, 4) is 17.1 Å². The summed E-state index contributed by atoms with van der Waals surface area (Å²) in [6, 6.07) is 14.4. The van der Waals surface area contributed by atoms with E-state index in [9.17, 15) is 4.79 Å². The van der Waals surface area contributed by atoms with Gasteiger partial charge in [0.15, 0.2) is 12.0 Å². The van der Waals surface area contributed by atoms with Gasteiger partial charge in [0.2, 0.25) is 0 Å². The molecular formula is C24H16ClN5O3. The van der Waals surface area contributed by atoms with Gasteiger partial charge >= 0.3 is 0 Å². The second-order valence-electron chi connectivity index (χ2n) is 7.03. The molecule has 5 aromatic rings. The topological polar surface area (TPSA) is 103 Å². The van der Waals surface area contributed by atoms with E-state index < -0.39 is 0 Å². The third-order valence-corrected chi connectivity index (χ3v) is 5.14. The summed E-state index contributed by atoms with van der Waals surface area (Å²) in [5.74, 6) is 1.99. The summed E-state index contributed by atoms with van der Waals surface area (Å²) in [4.78, 5) is 27.9. The van der Waals surface area contributed by atoms with Gasteiger partial charge in [-0.2, -0.15) is 0 Å². The lowest BCUT2D eigenvalue weighted by atomic mass is 10.1. The quantitative estimate of drug-likeness (QED) is 0.321. The largest absolute Gasteiger partial charge is 0.486 e. The van der Waals surface area contributed by atoms with Crippen LogP contribution in [-0.2, 0) is 6.61 Å². The number of benzene rings is 2. The van der Waals surface area contributed by atoms with Crippen LogP contribution in [0.3, 0.4) is 0 Å². The van der Waals surface area contributed by atoms with Crippen molar-refractivity contribution in [2.75, 3.05) is 5.32 Å². The highest BCUT2D eigenvalue weighted by Crippen LogP contribution is 2.32. The molecule has 0 saturated carbocycles. The minimum atomic E-state index is 0.262. The van der Waals surface area contributed by atoms with Crippen molar-refractivity contribution in [3.05, 3.63) is 89.9 Å². The molecule has 33 heavy (non-hydrogen) atoms. The number of anilines is 2. The van der Waals surface area contributed by atoms with Crippen LogP contribution in [0.2, 0.25) is 5.02 Å². The summed E-state index contributed by atoms with van der Waals surface area (Å²) in [7, 11) is 0. The lowest BCUT2D eigenvalue weighted by Gasteiger charge is -2.12. The Kier molecular flexibility index (Phi) is 5.65. The van der Waals surface area contributed by atoms with Crippen LogP contribution in [-0.4, -0.2) is 26.2 Å². The minimum absolute atomic E-state index is 0.262. The van der Waals surface area contributed by atoms with Gasteiger partial charge in [0.25, 0.3) is 0 Å². The highest BCUT2D eigenvalue weighted by atomic mass is 35.5. The molecule has 0 aliphatic rings. The molecule has 9 heteroatoms. The van der Waals surface area contributed by atoms with Crippen LogP contribution in [0, 0.1) is 0 Å². The number of aromatic nitrogens is 4. The van der Waals surface area contributed by atoms with Gasteiger partial charge in [-0.15, -0.1) is 0 Å². The number of fused-ring (bicyclic) bond motifs is 1. The van der Waals surface area contributed by atoms with E-state index >= 15 is 0 Å². The molecule has 0 radical (unpaired) electrons. The van der Waals surface area contributed by atoms with E-state index in [1.54, 1.807) is 42.9 Å². The maximum absolute atomic E-state index is 10.9. The van der Waals surface area contributed by atoms with Gasteiger partial charge in [-0.05, 0) is 48.5 Å². The normalized spacial score (nSPS) is 10.8. The van der Waals surface area contributed by atoms with Crippen molar-refractivity contribution in [2.24, 2.45) is 0 Å². The van der Waals surface area contributed by atoms with E-state index in [0.717, 1.165) is 22.2 Å². The van der Waals surface area contributed by atoms with Crippen molar-refractivity contribution in [1.29, 1.82) is 0 Å². The van der Waals surface area contributed by atoms with Crippen LogP contribution in [0.15, 0.2) is 77.9 Å². The van der Waals surface area contributed by atoms with Gasteiger partial charge in [-0.1, -0.05) is 11.6 Å². The third kappa shape index (κ3) is 4.51. The average molecular weight is 458 g/mol. The molecule has 3 aromatic heterocycles. The number of nitrogens with zero attached hydrogens (tertiary/aromatic N) is 4. The van der Waals surface area contributed by atoms with Crippen molar-refractivity contribution < 1.29 is 13.9 Å². The number of furan rings is 1. The Labute approximate surface area is 193 Å². The van der Waals surface area contributed by atoms with Crippen LogP contribution in [0.1, 0.15) is 16.2 Å². The number of rotatable bonds is 7. The van der Waals surface area contributed by atoms with Crippen LogP contribution >= 0.6 is 11.6 Å². The van der Waals surface area contributed by atoms with Gasteiger partial charge in [-0.25, -0.2) is 9.97 Å². The molecule has 8 nitrogen and oxygen atoms in total. The number of nitrogens with one attached hydrogen (secondary N) is 1. The minimum Gasteiger partial charge on any atom is -0.486 e. The van der Waals surface area contributed by atoms with E-state index in [2.05, 4.69) is 25.3 Å². The highest BCUT2D eigenvalue weighted by Gasteiger charge is 2.11. The highest BCUT2D eigenvalue weighted by molar-refractivity contribution is 6.32. The molecular weight excluding hydrogens is 442 g/mol. The summed E-state index contributed by atoms with van der Waals surface area (Å²) < 4.78 is 11.3. The standard InChI is InChI=1S/C24H16ClN5O3/c25-20-10-16(2-5-23(20)32-13-17-11-26-7-8-27-17)30-24-19-9-15(1-4-21(19)28-14-29-24)22-6-3-18(12-31)33-22/h1-12,14H,13H2,(H,28,29,30). The van der Waals surface area contributed by atoms with Crippen molar-refractivity contribution >= 4 is 40.3 Å². The summed E-state index contributed by atoms with van der Waals surface area (Å²) in [6.45, 7) is 0.262. The monoisotopic (exact) mass is 457 g/mol. The van der Waals surface area contributed by atoms with Crippen molar-refractivity contribution in [2.45, 2.75) is 6.61 Å². The molecule has 0 fully saturated rings. The van der Waals surface area contributed by atoms with E-state index in [1.165, 1.54) is 6.33 Å². The maximum Gasteiger partial charge on any atom is 0.185 e. The number of hydrogen-bond acceptors (Lipinski definition) is 8. The zero-order chi connectivity index (χ0) is 22.6. The van der Waals surface area contributed by atoms with Gasteiger partial charge in [0.1, 0.15) is 30.3 Å². The summed E-state index contributed by atoms with van der Waals surface area (Å²) in [5, 5.41) is 4.52. The first kappa shape index (κ1) is 20.6. The van der Waals surface area contributed by atoms with Gasteiger partial charge in [0.05, 0.1) is 22.4 Å². The Morgan fingerprint density at radius 2 is 1.97 bits per heavy atom. The zero-order valence-corrected chi connectivity index (χ0v) is 17.9. The molecule has 5 rings (SSSR count). The Balaban J connectivity index is 1.39. The first-order valence-electron chi connectivity index (χ1n) is 9.94. The number of ether oxygens (including phenoxy) is 1. The summed E-state index contributed by atoms with van der Waals surface area (Å²) in [6.07, 6.45) is 7.01. The molecule has 0 atom stereocenters. The zero-order valence-electron chi connectivity index (χ0n) is 17.1. The van der Waals surface area contributed by atoms with Crippen LogP contribution in [0.4, 0.5) is 11.5 Å². The second kappa shape index (κ2) is 9.05. The third-order valence-electron chi connectivity index (χ3n) is 4.85. The first-order valence-corrected chi connectivity index (χ1v) is 10.3. The SMILES string of the molecule is O=Cc1ccc(-c2ccc3ncnc(Nc4ccc(OCc5cnccn5)c(Cl)c4)c3c2)o1. The van der Waals surface area contributed by atoms with Crippen molar-refractivity contribution in [1.82, 2.24) is 19.9 Å². The lowest BCUT2D eigenvalue weighted by molar-refractivity contribution is 0.110.